The minimum absolute atomic E-state index is 0.0435. The smallest absolute Gasteiger partial charge is 0.404 e. The number of halogens is 4. The number of hydrogen-bond donors (Lipinski definition) is 2. The fraction of sp³-hybridized carbons (Fsp3) is 0.235. The summed E-state index contributed by atoms with van der Waals surface area (Å²) in [5.41, 5.74) is 7.47. The molecule has 2 aromatic carbocycles. The number of anilines is 1. The maximum Gasteiger partial charge on any atom is 0.573 e. The van der Waals surface area contributed by atoms with Crippen molar-refractivity contribution in [3.63, 3.8) is 0 Å². The maximum atomic E-state index is 13.0. The van der Waals surface area contributed by atoms with Gasteiger partial charge in [0.2, 0.25) is 0 Å². The molecule has 0 radical (unpaired) electrons. The fourth-order valence-corrected chi connectivity index (χ4v) is 2.20. The third kappa shape index (κ3) is 5.98. The highest BCUT2D eigenvalue weighted by Crippen LogP contribution is 2.29. The van der Waals surface area contributed by atoms with Gasteiger partial charge in [-0.1, -0.05) is 18.2 Å². The standard InChI is InChI=1S/C17H17F4N3O/c1-11-10-13(18)7-6-12(11)8-9-23-16(22)24-14-4-2-3-5-15(14)25-17(19,20)21/h2-7,10H,8-9H2,1H3,(H3,22,23,24). The van der Waals surface area contributed by atoms with E-state index >= 15 is 0 Å². The molecule has 0 heterocycles. The summed E-state index contributed by atoms with van der Waals surface area (Å²) in [7, 11) is 0. The first-order valence-electron chi connectivity index (χ1n) is 7.41. The van der Waals surface area contributed by atoms with Gasteiger partial charge in [-0.3, -0.25) is 4.99 Å². The molecule has 0 fully saturated rings. The van der Waals surface area contributed by atoms with Crippen LogP contribution < -0.4 is 15.8 Å². The Morgan fingerprint density at radius 3 is 2.60 bits per heavy atom. The van der Waals surface area contributed by atoms with Gasteiger partial charge >= 0.3 is 6.36 Å². The Hall–Kier alpha value is -2.77. The molecule has 0 atom stereocenters. The number of para-hydroxylation sites is 2. The van der Waals surface area contributed by atoms with Crippen LogP contribution in [0.2, 0.25) is 0 Å². The number of rotatable bonds is 5. The van der Waals surface area contributed by atoms with Crippen LogP contribution in [0.3, 0.4) is 0 Å². The van der Waals surface area contributed by atoms with Crippen molar-refractivity contribution in [2.75, 3.05) is 11.9 Å². The minimum atomic E-state index is -4.80. The largest absolute Gasteiger partial charge is 0.573 e. The van der Waals surface area contributed by atoms with Crippen LogP contribution in [-0.2, 0) is 6.42 Å². The second-order valence-electron chi connectivity index (χ2n) is 5.26. The van der Waals surface area contributed by atoms with Crippen molar-refractivity contribution in [2.24, 2.45) is 10.7 Å². The predicted molar refractivity (Wildman–Crippen MR) is 88.1 cm³/mol. The van der Waals surface area contributed by atoms with E-state index < -0.39 is 12.1 Å². The number of alkyl halides is 3. The van der Waals surface area contributed by atoms with Crippen molar-refractivity contribution in [1.82, 2.24) is 0 Å². The van der Waals surface area contributed by atoms with Crippen molar-refractivity contribution >= 4 is 11.6 Å². The summed E-state index contributed by atoms with van der Waals surface area (Å²) in [5.74, 6) is -0.757. The Morgan fingerprint density at radius 2 is 1.92 bits per heavy atom. The van der Waals surface area contributed by atoms with Crippen LogP contribution in [0.25, 0.3) is 0 Å². The van der Waals surface area contributed by atoms with E-state index in [1.165, 1.54) is 30.3 Å². The molecule has 0 aliphatic carbocycles. The number of nitrogens with zero attached hydrogens (tertiary/aromatic N) is 1. The van der Waals surface area contributed by atoms with Gasteiger partial charge in [-0.15, -0.1) is 13.2 Å². The highest BCUT2D eigenvalue weighted by atomic mass is 19.4. The molecule has 0 unspecified atom stereocenters. The summed E-state index contributed by atoms with van der Waals surface area (Å²) in [5, 5.41) is 2.59. The Labute approximate surface area is 142 Å². The Kier molecular flexibility index (Phi) is 5.84. The number of benzene rings is 2. The van der Waals surface area contributed by atoms with Gasteiger partial charge in [0.15, 0.2) is 11.7 Å². The van der Waals surface area contributed by atoms with E-state index in [1.807, 2.05) is 0 Å². The molecule has 0 aliphatic rings. The van der Waals surface area contributed by atoms with Gasteiger partial charge in [-0.25, -0.2) is 4.39 Å². The minimum Gasteiger partial charge on any atom is -0.404 e. The van der Waals surface area contributed by atoms with Gasteiger partial charge in [0.05, 0.1) is 5.69 Å². The van der Waals surface area contributed by atoms with Crippen molar-refractivity contribution in [2.45, 2.75) is 19.7 Å². The Balaban J connectivity index is 1.99. The van der Waals surface area contributed by atoms with Crippen LogP contribution in [0.15, 0.2) is 47.5 Å². The molecular weight excluding hydrogens is 338 g/mol. The molecule has 134 valence electrons. The Morgan fingerprint density at radius 1 is 1.20 bits per heavy atom. The zero-order chi connectivity index (χ0) is 18.4. The molecule has 25 heavy (non-hydrogen) atoms. The van der Waals surface area contributed by atoms with Crippen molar-refractivity contribution in [3.05, 3.63) is 59.4 Å². The third-order valence-electron chi connectivity index (χ3n) is 3.34. The quantitative estimate of drug-likeness (QED) is 0.484. The number of aryl methyl sites for hydroxylation is 1. The zero-order valence-corrected chi connectivity index (χ0v) is 13.4. The number of ether oxygens (including phenoxy) is 1. The van der Waals surface area contributed by atoms with Gasteiger partial charge in [0, 0.05) is 6.54 Å². The van der Waals surface area contributed by atoms with E-state index in [0.717, 1.165) is 11.1 Å². The maximum absolute atomic E-state index is 13.0. The number of hydrogen-bond acceptors (Lipinski definition) is 2. The van der Waals surface area contributed by atoms with Crippen LogP contribution in [0, 0.1) is 12.7 Å². The van der Waals surface area contributed by atoms with Crippen molar-refractivity contribution < 1.29 is 22.3 Å². The average molecular weight is 355 g/mol. The first kappa shape index (κ1) is 18.6. The van der Waals surface area contributed by atoms with E-state index in [2.05, 4.69) is 15.0 Å². The van der Waals surface area contributed by atoms with E-state index in [1.54, 1.807) is 19.1 Å². The number of nitrogens with two attached hydrogens (primary N) is 1. The second kappa shape index (κ2) is 7.87. The molecule has 2 aromatic rings. The molecule has 0 aromatic heterocycles. The van der Waals surface area contributed by atoms with E-state index in [4.69, 9.17) is 5.73 Å². The molecule has 0 aliphatic heterocycles. The number of nitrogens with one attached hydrogen (secondary N) is 1. The summed E-state index contributed by atoms with van der Waals surface area (Å²) < 4.78 is 54.1. The molecule has 2 rings (SSSR count). The summed E-state index contributed by atoms with van der Waals surface area (Å²) in [4.78, 5) is 4.07. The SMILES string of the molecule is Cc1cc(F)ccc1CCN=C(N)Nc1ccccc1OC(F)(F)F. The molecule has 0 spiro atoms. The molecule has 0 saturated carbocycles. The van der Waals surface area contributed by atoms with Gasteiger partial charge in [-0.2, -0.15) is 0 Å². The number of aliphatic imine (C=N–C) groups is 1. The molecule has 3 N–H and O–H groups in total. The monoisotopic (exact) mass is 355 g/mol. The highest BCUT2D eigenvalue weighted by Gasteiger charge is 2.32. The fourth-order valence-electron chi connectivity index (χ4n) is 2.20. The van der Waals surface area contributed by atoms with E-state index in [-0.39, 0.29) is 17.5 Å². The molecular formula is C17H17F4N3O. The summed E-state index contributed by atoms with van der Waals surface area (Å²) in [6.45, 7) is 2.09. The first-order valence-corrected chi connectivity index (χ1v) is 7.41. The summed E-state index contributed by atoms with van der Waals surface area (Å²) in [6, 6.07) is 9.97. The molecule has 8 heteroatoms. The van der Waals surface area contributed by atoms with Gasteiger partial charge in [0.25, 0.3) is 0 Å². The Bertz CT molecular complexity index is 760. The van der Waals surface area contributed by atoms with Gasteiger partial charge in [-0.05, 0) is 48.7 Å². The van der Waals surface area contributed by atoms with Crippen LogP contribution in [0.1, 0.15) is 11.1 Å². The lowest BCUT2D eigenvalue weighted by Gasteiger charge is -2.14. The first-order chi connectivity index (χ1) is 11.7. The normalized spacial score (nSPS) is 12.1. The summed E-state index contributed by atoms with van der Waals surface area (Å²) >= 11 is 0. The molecule has 4 nitrogen and oxygen atoms in total. The van der Waals surface area contributed by atoms with Crippen molar-refractivity contribution in [3.8, 4) is 5.75 Å². The zero-order valence-electron chi connectivity index (χ0n) is 13.4. The van der Waals surface area contributed by atoms with Crippen LogP contribution in [0.4, 0.5) is 23.2 Å². The highest BCUT2D eigenvalue weighted by molar-refractivity contribution is 5.93. The van der Waals surface area contributed by atoms with E-state index in [9.17, 15) is 17.6 Å². The van der Waals surface area contributed by atoms with Gasteiger partial charge in [0.1, 0.15) is 5.82 Å². The summed E-state index contributed by atoms with van der Waals surface area (Å²) in [6.07, 6.45) is -4.28. The lowest BCUT2D eigenvalue weighted by Crippen LogP contribution is -2.25. The van der Waals surface area contributed by atoms with Crippen LogP contribution in [0.5, 0.6) is 5.75 Å². The topological polar surface area (TPSA) is 59.6 Å². The van der Waals surface area contributed by atoms with E-state index in [0.29, 0.717) is 13.0 Å². The lowest BCUT2D eigenvalue weighted by molar-refractivity contribution is -0.274. The third-order valence-corrected chi connectivity index (χ3v) is 3.34. The lowest BCUT2D eigenvalue weighted by atomic mass is 10.1. The molecule has 0 saturated heterocycles. The van der Waals surface area contributed by atoms with Crippen LogP contribution >= 0.6 is 0 Å². The second-order valence-corrected chi connectivity index (χ2v) is 5.26. The van der Waals surface area contributed by atoms with Gasteiger partial charge < -0.3 is 15.8 Å². The predicted octanol–water partition coefficient (Wildman–Crippen LogP) is 4.00. The van der Waals surface area contributed by atoms with Crippen LogP contribution in [-0.4, -0.2) is 18.9 Å². The molecule has 0 bridgehead atoms. The molecule has 0 amide bonds. The average Bonchev–Trinajstić information content (AvgIpc) is 2.50. The van der Waals surface area contributed by atoms with Crippen molar-refractivity contribution in [1.29, 1.82) is 0 Å². The number of guanidine groups is 1.